The van der Waals surface area contributed by atoms with Crippen LogP contribution in [-0.4, -0.2) is 7.05 Å². The van der Waals surface area contributed by atoms with Crippen molar-refractivity contribution in [2.24, 2.45) is 11.8 Å². The minimum atomic E-state index is 0.393. The molecule has 0 fully saturated rings. The Morgan fingerprint density at radius 2 is 1.82 bits per heavy atom. The van der Waals surface area contributed by atoms with Gasteiger partial charge >= 0.3 is 0 Å². The molecule has 3 heteroatoms. The number of nitrogens with one attached hydrogen (secondary N) is 1. The number of hydrogen-bond acceptors (Lipinski definition) is 1. The van der Waals surface area contributed by atoms with Crippen LogP contribution < -0.4 is 5.32 Å². The van der Waals surface area contributed by atoms with E-state index in [-0.39, 0.29) is 0 Å². The number of halogens is 2. The molecule has 1 rings (SSSR count). The van der Waals surface area contributed by atoms with Gasteiger partial charge in [0.05, 0.1) is 0 Å². The molecule has 1 nitrogen and oxygen atoms in total. The van der Waals surface area contributed by atoms with Crippen LogP contribution in [0.3, 0.4) is 0 Å². The van der Waals surface area contributed by atoms with Crippen molar-refractivity contribution in [1.82, 2.24) is 5.32 Å². The zero-order valence-corrected chi connectivity index (χ0v) is 14.1. The topological polar surface area (TPSA) is 12.0 Å². The molecule has 0 aliphatic heterocycles. The molecule has 0 spiro atoms. The van der Waals surface area contributed by atoms with Gasteiger partial charge in [-0.2, -0.15) is 0 Å². The van der Waals surface area contributed by atoms with Gasteiger partial charge in [-0.05, 0) is 49.1 Å². The van der Waals surface area contributed by atoms with E-state index in [1.807, 2.05) is 7.05 Å². The van der Waals surface area contributed by atoms with Crippen molar-refractivity contribution in [2.45, 2.75) is 33.2 Å². The van der Waals surface area contributed by atoms with Crippen LogP contribution in [0.25, 0.3) is 0 Å². The first-order valence-corrected chi connectivity index (χ1v) is 7.66. The van der Waals surface area contributed by atoms with Crippen molar-refractivity contribution in [3.05, 3.63) is 32.7 Å². The highest BCUT2D eigenvalue weighted by Crippen LogP contribution is 2.33. The largest absolute Gasteiger partial charge is 0.313 e. The zero-order valence-electron chi connectivity index (χ0n) is 10.9. The summed E-state index contributed by atoms with van der Waals surface area (Å²) in [6, 6.07) is 6.76. The minimum Gasteiger partial charge on any atom is -0.313 e. The van der Waals surface area contributed by atoms with Gasteiger partial charge in [-0.15, -0.1) is 0 Å². The van der Waals surface area contributed by atoms with E-state index >= 15 is 0 Å². The van der Waals surface area contributed by atoms with E-state index in [2.05, 4.69) is 76.1 Å². The molecule has 0 saturated heterocycles. The van der Waals surface area contributed by atoms with Crippen LogP contribution in [0, 0.1) is 11.8 Å². The molecule has 0 radical (unpaired) electrons. The second kappa shape index (κ2) is 6.91. The summed E-state index contributed by atoms with van der Waals surface area (Å²) in [5.41, 5.74) is 1.33. The van der Waals surface area contributed by atoms with Crippen molar-refractivity contribution >= 4 is 31.9 Å². The summed E-state index contributed by atoms with van der Waals surface area (Å²) in [4.78, 5) is 0. The molecule has 0 aliphatic rings. The van der Waals surface area contributed by atoms with Gasteiger partial charge in [0.15, 0.2) is 0 Å². The number of rotatable bonds is 5. The quantitative estimate of drug-likeness (QED) is 0.763. The standard InChI is InChI=1S/C14H21Br2N/c1-9(2)7-10(3)14(17-4)12-8-11(15)5-6-13(12)16/h5-6,8-10,14,17H,7H2,1-4H3. The van der Waals surface area contributed by atoms with E-state index in [4.69, 9.17) is 0 Å². The second-order valence-electron chi connectivity index (χ2n) is 5.04. The van der Waals surface area contributed by atoms with Crippen molar-refractivity contribution in [3.8, 4) is 0 Å². The molecule has 0 aliphatic carbocycles. The van der Waals surface area contributed by atoms with E-state index in [9.17, 15) is 0 Å². The predicted octanol–water partition coefficient (Wildman–Crippen LogP) is 5.15. The average Bonchev–Trinajstić information content (AvgIpc) is 2.23. The lowest BCUT2D eigenvalue weighted by atomic mass is 9.88. The maximum absolute atomic E-state index is 3.65. The molecule has 1 aromatic carbocycles. The lowest BCUT2D eigenvalue weighted by Crippen LogP contribution is -2.25. The normalized spacial score (nSPS) is 15.0. The van der Waals surface area contributed by atoms with Crippen molar-refractivity contribution in [2.75, 3.05) is 7.05 Å². The molecular formula is C14H21Br2N. The van der Waals surface area contributed by atoms with E-state index < -0.39 is 0 Å². The fourth-order valence-corrected chi connectivity index (χ4v) is 3.25. The summed E-state index contributed by atoms with van der Waals surface area (Å²) in [7, 11) is 2.04. The third-order valence-electron chi connectivity index (χ3n) is 3.02. The molecule has 2 unspecified atom stereocenters. The smallest absolute Gasteiger partial charge is 0.0355 e. The first kappa shape index (κ1) is 15.2. The SMILES string of the molecule is CNC(c1cc(Br)ccc1Br)C(C)CC(C)C. The van der Waals surface area contributed by atoms with Crippen LogP contribution in [-0.2, 0) is 0 Å². The average molecular weight is 363 g/mol. The van der Waals surface area contributed by atoms with Gasteiger partial charge in [0.1, 0.15) is 0 Å². The van der Waals surface area contributed by atoms with Gasteiger partial charge in [0.2, 0.25) is 0 Å². The van der Waals surface area contributed by atoms with Gasteiger partial charge in [-0.25, -0.2) is 0 Å². The lowest BCUT2D eigenvalue weighted by molar-refractivity contribution is 0.342. The molecule has 0 aromatic heterocycles. The van der Waals surface area contributed by atoms with Gasteiger partial charge < -0.3 is 5.32 Å². The Bertz CT molecular complexity index is 363. The highest BCUT2D eigenvalue weighted by atomic mass is 79.9. The third kappa shape index (κ3) is 4.38. The van der Waals surface area contributed by atoms with Crippen LogP contribution >= 0.6 is 31.9 Å². The Balaban J connectivity index is 2.96. The van der Waals surface area contributed by atoms with Crippen LogP contribution in [0.5, 0.6) is 0 Å². The van der Waals surface area contributed by atoms with E-state index in [1.165, 1.54) is 16.5 Å². The second-order valence-corrected chi connectivity index (χ2v) is 6.81. The molecule has 1 N–H and O–H groups in total. The Hall–Kier alpha value is 0.140. The van der Waals surface area contributed by atoms with Crippen LogP contribution in [0.1, 0.15) is 38.8 Å². The third-order valence-corrected chi connectivity index (χ3v) is 4.23. The Morgan fingerprint density at radius 3 is 2.35 bits per heavy atom. The van der Waals surface area contributed by atoms with E-state index in [0.717, 1.165) is 10.4 Å². The van der Waals surface area contributed by atoms with Gasteiger partial charge in [0.25, 0.3) is 0 Å². The monoisotopic (exact) mass is 361 g/mol. The first-order valence-electron chi connectivity index (χ1n) is 6.08. The molecule has 1 aromatic rings. The van der Waals surface area contributed by atoms with Crippen LogP contribution in [0.15, 0.2) is 27.1 Å². The first-order chi connectivity index (χ1) is 7.95. The maximum atomic E-state index is 3.65. The number of benzene rings is 1. The molecule has 2 atom stereocenters. The Labute approximate surface area is 122 Å². The van der Waals surface area contributed by atoms with Crippen molar-refractivity contribution in [1.29, 1.82) is 0 Å². The summed E-state index contributed by atoms with van der Waals surface area (Å²) in [6.45, 7) is 6.87. The lowest BCUT2D eigenvalue weighted by Gasteiger charge is -2.26. The highest BCUT2D eigenvalue weighted by Gasteiger charge is 2.20. The summed E-state index contributed by atoms with van der Waals surface area (Å²) < 4.78 is 2.31. The fourth-order valence-electron chi connectivity index (χ4n) is 2.38. The molecule has 0 amide bonds. The highest BCUT2D eigenvalue weighted by molar-refractivity contribution is 9.11. The summed E-state index contributed by atoms with van der Waals surface area (Å²) >= 11 is 7.19. The molecule has 17 heavy (non-hydrogen) atoms. The maximum Gasteiger partial charge on any atom is 0.0355 e. The van der Waals surface area contributed by atoms with E-state index in [1.54, 1.807) is 0 Å². The van der Waals surface area contributed by atoms with Crippen LogP contribution in [0.4, 0.5) is 0 Å². The zero-order chi connectivity index (χ0) is 13.0. The van der Waals surface area contributed by atoms with Crippen molar-refractivity contribution < 1.29 is 0 Å². The van der Waals surface area contributed by atoms with Gasteiger partial charge in [-0.3, -0.25) is 0 Å². The Morgan fingerprint density at radius 1 is 1.18 bits per heavy atom. The predicted molar refractivity (Wildman–Crippen MR) is 82.3 cm³/mol. The molecule has 0 bridgehead atoms. The summed E-state index contributed by atoms with van der Waals surface area (Å²) in [5.74, 6) is 1.34. The number of hydrogen-bond donors (Lipinski definition) is 1. The molecular weight excluding hydrogens is 342 g/mol. The summed E-state index contributed by atoms with van der Waals surface area (Å²) in [6.07, 6.45) is 1.23. The fraction of sp³-hybridized carbons (Fsp3) is 0.571. The van der Waals surface area contributed by atoms with Gasteiger partial charge in [-0.1, -0.05) is 52.6 Å². The van der Waals surface area contributed by atoms with E-state index in [0.29, 0.717) is 12.0 Å². The molecule has 96 valence electrons. The van der Waals surface area contributed by atoms with Crippen LogP contribution in [0.2, 0.25) is 0 Å². The minimum absolute atomic E-state index is 0.393. The summed E-state index contributed by atoms with van der Waals surface area (Å²) in [5, 5.41) is 3.44. The van der Waals surface area contributed by atoms with Gasteiger partial charge in [0, 0.05) is 15.0 Å². The molecule has 0 saturated carbocycles. The molecule has 0 heterocycles. The Kier molecular flexibility index (Phi) is 6.18. The van der Waals surface area contributed by atoms with Crippen molar-refractivity contribution in [3.63, 3.8) is 0 Å².